The summed E-state index contributed by atoms with van der Waals surface area (Å²) in [4.78, 5) is 12.8. The van der Waals surface area contributed by atoms with E-state index in [9.17, 15) is 5.11 Å². The van der Waals surface area contributed by atoms with Crippen molar-refractivity contribution in [2.45, 2.75) is 51.2 Å². The second kappa shape index (κ2) is 8.51. The third-order valence-electron chi connectivity index (χ3n) is 4.49. The van der Waals surface area contributed by atoms with Crippen molar-refractivity contribution in [3.8, 4) is 5.75 Å². The van der Waals surface area contributed by atoms with E-state index in [2.05, 4.69) is 27.2 Å². The molecule has 140 valence electrons. The van der Waals surface area contributed by atoms with Gasteiger partial charge in [-0.05, 0) is 37.3 Å². The van der Waals surface area contributed by atoms with Gasteiger partial charge in [-0.1, -0.05) is 24.9 Å². The summed E-state index contributed by atoms with van der Waals surface area (Å²) in [5, 5.41) is 13.3. The molecule has 1 aliphatic rings. The summed E-state index contributed by atoms with van der Waals surface area (Å²) in [5.41, 5.74) is 7.66. The SMILES string of the molecule is CCC[C@@H](CCO)Nc1nc(N)ncc1O[C@H]1CCc2c(Cl)ccnc21. The maximum atomic E-state index is 9.28. The zero-order valence-electron chi connectivity index (χ0n) is 14.8. The molecular weight excluding hydrogens is 354 g/mol. The second-order valence-electron chi connectivity index (χ2n) is 6.39. The maximum Gasteiger partial charge on any atom is 0.222 e. The first-order chi connectivity index (χ1) is 12.6. The third kappa shape index (κ3) is 4.16. The normalized spacial score (nSPS) is 17.0. The number of rotatable bonds is 8. The lowest BCUT2D eigenvalue weighted by Gasteiger charge is -2.21. The Balaban J connectivity index is 1.82. The summed E-state index contributed by atoms with van der Waals surface area (Å²) in [6, 6.07) is 1.89. The van der Waals surface area contributed by atoms with Gasteiger partial charge >= 0.3 is 0 Å². The maximum absolute atomic E-state index is 9.28. The number of nitrogens with two attached hydrogens (primary N) is 1. The zero-order chi connectivity index (χ0) is 18.5. The summed E-state index contributed by atoms with van der Waals surface area (Å²) in [5.74, 6) is 1.24. The number of pyridine rings is 1. The molecule has 0 aromatic carbocycles. The molecule has 3 rings (SSSR count). The molecule has 0 bridgehead atoms. The summed E-state index contributed by atoms with van der Waals surface area (Å²) in [7, 11) is 0. The number of anilines is 2. The first-order valence-corrected chi connectivity index (χ1v) is 9.30. The van der Waals surface area contributed by atoms with Crippen molar-refractivity contribution in [2.24, 2.45) is 0 Å². The van der Waals surface area contributed by atoms with Crippen LogP contribution in [0.4, 0.5) is 11.8 Å². The van der Waals surface area contributed by atoms with Crippen LogP contribution < -0.4 is 15.8 Å². The first kappa shape index (κ1) is 18.7. The van der Waals surface area contributed by atoms with Crippen molar-refractivity contribution >= 4 is 23.4 Å². The fraction of sp³-hybridized carbons (Fsp3) is 0.500. The highest BCUT2D eigenvalue weighted by Gasteiger charge is 2.28. The lowest BCUT2D eigenvalue weighted by atomic mass is 10.1. The van der Waals surface area contributed by atoms with Crippen molar-refractivity contribution in [3.05, 3.63) is 34.7 Å². The molecule has 2 aromatic heterocycles. The smallest absolute Gasteiger partial charge is 0.222 e. The van der Waals surface area contributed by atoms with Crippen molar-refractivity contribution < 1.29 is 9.84 Å². The number of aliphatic hydroxyl groups excluding tert-OH is 1. The van der Waals surface area contributed by atoms with Crippen molar-refractivity contribution in [1.29, 1.82) is 0 Å². The molecule has 0 radical (unpaired) electrons. The largest absolute Gasteiger partial charge is 0.479 e. The molecule has 8 heteroatoms. The number of nitrogens with one attached hydrogen (secondary N) is 1. The molecular formula is C18H24ClN5O2. The lowest BCUT2D eigenvalue weighted by molar-refractivity contribution is 0.202. The number of halogens is 1. The monoisotopic (exact) mass is 377 g/mol. The number of aromatic nitrogens is 3. The summed E-state index contributed by atoms with van der Waals surface area (Å²) >= 11 is 6.26. The Hall–Kier alpha value is -2.12. The van der Waals surface area contributed by atoms with E-state index >= 15 is 0 Å². The highest BCUT2D eigenvalue weighted by atomic mass is 35.5. The van der Waals surface area contributed by atoms with Gasteiger partial charge in [0.15, 0.2) is 11.6 Å². The van der Waals surface area contributed by atoms with Crippen molar-refractivity contribution in [1.82, 2.24) is 15.0 Å². The van der Waals surface area contributed by atoms with E-state index in [4.69, 9.17) is 22.1 Å². The molecule has 0 amide bonds. The fourth-order valence-electron chi connectivity index (χ4n) is 3.25. The van der Waals surface area contributed by atoms with Crippen molar-refractivity contribution in [3.63, 3.8) is 0 Å². The molecule has 2 atom stereocenters. The van der Waals surface area contributed by atoms with E-state index in [-0.39, 0.29) is 24.7 Å². The Kier molecular flexibility index (Phi) is 6.11. The summed E-state index contributed by atoms with van der Waals surface area (Å²) in [6.07, 6.45) is 7.23. The predicted octanol–water partition coefficient (Wildman–Crippen LogP) is 3.14. The molecule has 1 aliphatic carbocycles. The minimum Gasteiger partial charge on any atom is -0.479 e. The molecule has 4 N–H and O–H groups in total. The standard InChI is InChI=1S/C18H24ClN5O2/c1-2-3-11(7-9-25)23-17-15(10-22-18(20)24-17)26-14-5-4-12-13(19)6-8-21-16(12)14/h6,8,10-11,14,25H,2-5,7,9H2,1H3,(H3,20,22,23,24)/t11-,14-/m0/s1. The molecule has 0 saturated heterocycles. The van der Waals surface area contributed by atoms with Crippen LogP contribution in [0.3, 0.4) is 0 Å². The van der Waals surface area contributed by atoms with Crippen LogP contribution >= 0.6 is 11.6 Å². The molecule has 7 nitrogen and oxygen atoms in total. The minimum absolute atomic E-state index is 0.0880. The van der Waals surface area contributed by atoms with Gasteiger partial charge in [-0.2, -0.15) is 4.98 Å². The summed E-state index contributed by atoms with van der Waals surface area (Å²) in [6.45, 7) is 2.20. The Bertz CT molecular complexity index is 752. The van der Waals surface area contributed by atoms with Gasteiger partial charge < -0.3 is 20.9 Å². The molecule has 2 heterocycles. The highest BCUT2D eigenvalue weighted by Crippen LogP contribution is 2.38. The number of hydrogen-bond acceptors (Lipinski definition) is 7. The Morgan fingerprint density at radius 3 is 3.04 bits per heavy atom. The minimum atomic E-state index is -0.195. The van der Waals surface area contributed by atoms with Gasteiger partial charge in [0.1, 0.15) is 6.10 Å². The average Bonchev–Trinajstić information content (AvgIpc) is 3.02. The number of hydrogen-bond donors (Lipinski definition) is 3. The molecule has 0 unspecified atom stereocenters. The molecule has 26 heavy (non-hydrogen) atoms. The Labute approximate surface area is 158 Å². The van der Waals surface area contributed by atoms with Gasteiger partial charge in [-0.15, -0.1) is 0 Å². The van der Waals surface area contributed by atoms with Crippen LogP contribution in [0.2, 0.25) is 5.02 Å². The van der Waals surface area contributed by atoms with Crippen LogP contribution in [0.5, 0.6) is 5.75 Å². The van der Waals surface area contributed by atoms with Crippen LogP contribution in [0, 0.1) is 0 Å². The van der Waals surface area contributed by atoms with Gasteiger partial charge in [-0.25, -0.2) is 4.98 Å². The number of aliphatic hydroxyl groups is 1. The van der Waals surface area contributed by atoms with Crippen LogP contribution in [-0.2, 0) is 6.42 Å². The zero-order valence-corrected chi connectivity index (χ0v) is 15.5. The molecule has 0 fully saturated rings. The van der Waals surface area contributed by atoms with E-state index in [1.54, 1.807) is 18.5 Å². The van der Waals surface area contributed by atoms with Gasteiger partial charge in [0.05, 0.1) is 11.9 Å². The van der Waals surface area contributed by atoms with Crippen LogP contribution in [0.25, 0.3) is 0 Å². The Morgan fingerprint density at radius 1 is 1.42 bits per heavy atom. The van der Waals surface area contributed by atoms with E-state index < -0.39 is 0 Å². The van der Waals surface area contributed by atoms with Gasteiger partial charge in [-0.3, -0.25) is 4.98 Å². The van der Waals surface area contributed by atoms with Crippen LogP contribution in [-0.4, -0.2) is 32.7 Å². The van der Waals surface area contributed by atoms with E-state index in [1.807, 2.05) is 0 Å². The van der Waals surface area contributed by atoms with Crippen molar-refractivity contribution in [2.75, 3.05) is 17.7 Å². The van der Waals surface area contributed by atoms with Crippen LogP contribution in [0.15, 0.2) is 18.5 Å². The van der Waals surface area contributed by atoms with E-state index in [0.29, 0.717) is 18.0 Å². The van der Waals surface area contributed by atoms with Gasteiger partial charge in [0.25, 0.3) is 0 Å². The number of nitrogen functional groups attached to an aromatic ring is 1. The first-order valence-electron chi connectivity index (χ1n) is 8.92. The Morgan fingerprint density at radius 2 is 2.27 bits per heavy atom. The summed E-state index contributed by atoms with van der Waals surface area (Å²) < 4.78 is 6.17. The predicted molar refractivity (Wildman–Crippen MR) is 101 cm³/mol. The second-order valence-corrected chi connectivity index (χ2v) is 6.79. The average molecular weight is 378 g/mol. The molecule has 0 saturated carbocycles. The van der Waals surface area contributed by atoms with Gasteiger partial charge in [0.2, 0.25) is 5.95 Å². The van der Waals surface area contributed by atoms with E-state index in [0.717, 1.165) is 42.0 Å². The molecule has 2 aromatic rings. The van der Waals surface area contributed by atoms with Gasteiger partial charge in [0, 0.05) is 23.9 Å². The fourth-order valence-corrected chi connectivity index (χ4v) is 3.50. The lowest BCUT2D eigenvalue weighted by Crippen LogP contribution is -2.22. The topological polar surface area (TPSA) is 106 Å². The number of ether oxygens (including phenoxy) is 1. The third-order valence-corrected chi connectivity index (χ3v) is 4.85. The van der Waals surface area contributed by atoms with Crippen LogP contribution in [0.1, 0.15) is 50.0 Å². The van der Waals surface area contributed by atoms with E-state index in [1.165, 1.54) is 0 Å². The number of fused-ring (bicyclic) bond motifs is 1. The molecule has 0 aliphatic heterocycles. The molecule has 0 spiro atoms. The number of nitrogens with zero attached hydrogens (tertiary/aromatic N) is 3. The quantitative estimate of drug-likeness (QED) is 0.648. The highest BCUT2D eigenvalue weighted by molar-refractivity contribution is 6.31.